The third-order valence-electron chi connectivity index (χ3n) is 5.07. The zero-order valence-electron chi connectivity index (χ0n) is 18.3. The van der Waals surface area contributed by atoms with Gasteiger partial charge in [-0.05, 0) is 62.1 Å². The van der Waals surface area contributed by atoms with Crippen molar-refractivity contribution in [1.29, 1.82) is 0 Å². The molecule has 0 saturated heterocycles. The first-order valence-corrected chi connectivity index (χ1v) is 13.9. The molecule has 1 aliphatic carbocycles. The number of rotatable bonds is 10. The van der Waals surface area contributed by atoms with E-state index in [2.05, 4.69) is 0 Å². The highest BCUT2D eigenvalue weighted by molar-refractivity contribution is 7.49. The van der Waals surface area contributed by atoms with Crippen LogP contribution in [0.25, 0.3) is 0 Å². The van der Waals surface area contributed by atoms with Gasteiger partial charge in [-0.25, -0.2) is 9.13 Å². The fourth-order valence-corrected chi connectivity index (χ4v) is 6.01. The molecule has 1 fully saturated rings. The van der Waals surface area contributed by atoms with Crippen molar-refractivity contribution in [2.75, 3.05) is 0 Å². The summed E-state index contributed by atoms with van der Waals surface area (Å²) in [6.07, 6.45) is 0.788. The number of benzene rings is 3. The van der Waals surface area contributed by atoms with Gasteiger partial charge in [-0.3, -0.25) is 13.9 Å². The van der Waals surface area contributed by atoms with Gasteiger partial charge in [0, 0.05) is 0 Å². The molecule has 10 heteroatoms. The van der Waals surface area contributed by atoms with E-state index in [4.69, 9.17) is 22.6 Å². The van der Waals surface area contributed by atoms with Crippen LogP contribution in [0.1, 0.15) is 25.7 Å². The van der Waals surface area contributed by atoms with Crippen molar-refractivity contribution in [2.45, 2.75) is 37.9 Å². The number of phosphoric acid groups is 2. The molecule has 1 aliphatic rings. The molecule has 1 unspecified atom stereocenters. The SMILES string of the molecule is O=P(O)(Oc1ccccc1)OC1CCC(OP(=O)(Oc2ccccc2)Oc2ccccc2)CC1. The van der Waals surface area contributed by atoms with Gasteiger partial charge in [0.1, 0.15) is 17.2 Å². The zero-order chi connectivity index (χ0) is 23.9. The van der Waals surface area contributed by atoms with Crippen molar-refractivity contribution in [3.8, 4) is 17.2 Å². The van der Waals surface area contributed by atoms with Crippen LogP contribution >= 0.6 is 15.6 Å². The highest BCUT2D eigenvalue weighted by Crippen LogP contribution is 2.53. The Bertz CT molecular complexity index is 1070. The second-order valence-electron chi connectivity index (χ2n) is 7.74. The smallest absolute Gasteiger partial charge is 0.404 e. The molecule has 3 aromatic carbocycles. The van der Waals surface area contributed by atoms with E-state index in [9.17, 15) is 14.0 Å². The van der Waals surface area contributed by atoms with Gasteiger partial charge in [0.05, 0.1) is 12.2 Å². The van der Waals surface area contributed by atoms with Crippen LogP contribution in [0.3, 0.4) is 0 Å². The van der Waals surface area contributed by atoms with Gasteiger partial charge in [-0.1, -0.05) is 54.6 Å². The summed E-state index contributed by atoms with van der Waals surface area (Å²) in [5.74, 6) is 0.971. The topological polar surface area (TPSA) is 101 Å². The molecule has 0 aliphatic heterocycles. The number of para-hydroxylation sites is 3. The van der Waals surface area contributed by atoms with E-state index in [0.717, 1.165) is 0 Å². The van der Waals surface area contributed by atoms with Gasteiger partial charge in [0.2, 0.25) is 0 Å². The fraction of sp³-hybridized carbons (Fsp3) is 0.250. The molecule has 3 aromatic rings. The summed E-state index contributed by atoms with van der Waals surface area (Å²) in [5.41, 5.74) is 0. The first-order valence-electron chi connectivity index (χ1n) is 10.9. The Morgan fingerprint density at radius 1 is 0.559 bits per heavy atom. The molecule has 0 spiro atoms. The average Bonchev–Trinajstić information content (AvgIpc) is 2.81. The van der Waals surface area contributed by atoms with E-state index in [-0.39, 0.29) is 5.75 Å². The lowest BCUT2D eigenvalue weighted by Crippen LogP contribution is -2.27. The van der Waals surface area contributed by atoms with Crippen LogP contribution < -0.4 is 13.6 Å². The predicted molar refractivity (Wildman–Crippen MR) is 127 cm³/mol. The maximum absolute atomic E-state index is 13.5. The third-order valence-corrected chi connectivity index (χ3v) is 7.50. The molecule has 8 nitrogen and oxygen atoms in total. The minimum absolute atomic E-state index is 0.252. The van der Waals surface area contributed by atoms with Crippen LogP contribution in [0.4, 0.5) is 0 Å². The van der Waals surface area contributed by atoms with E-state index >= 15 is 0 Å². The molecular weight excluding hydrogens is 478 g/mol. The minimum atomic E-state index is -4.28. The lowest BCUT2D eigenvalue weighted by atomic mass is 9.95. The monoisotopic (exact) mass is 504 g/mol. The molecule has 1 atom stereocenters. The Morgan fingerprint density at radius 2 is 0.912 bits per heavy atom. The molecule has 0 aromatic heterocycles. The lowest BCUT2D eigenvalue weighted by molar-refractivity contribution is 0.0485. The molecule has 0 amide bonds. The highest BCUT2D eigenvalue weighted by Gasteiger charge is 2.38. The lowest BCUT2D eigenvalue weighted by Gasteiger charge is -2.30. The molecule has 4 rings (SSSR count). The van der Waals surface area contributed by atoms with Gasteiger partial charge < -0.3 is 13.6 Å². The van der Waals surface area contributed by atoms with Crippen molar-refractivity contribution >= 4 is 15.6 Å². The van der Waals surface area contributed by atoms with Crippen molar-refractivity contribution in [2.24, 2.45) is 0 Å². The van der Waals surface area contributed by atoms with E-state index in [1.165, 1.54) is 0 Å². The number of hydrogen-bond donors (Lipinski definition) is 1. The largest absolute Gasteiger partial charge is 0.587 e. The van der Waals surface area contributed by atoms with Gasteiger partial charge in [-0.2, -0.15) is 0 Å². The van der Waals surface area contributed by atoms with Crippen molar-refractivity contribution in [3.05, 3.63) is 91.0 Å². The molecule has 34 heavy (non-hydrogen) atoms. The normalized spacial score (nSPS) is 20.1. The van der Waals surface area contributed by atoms with Gasteiger partial charge in [0.25, 0.3) is 0 Å². The maximum Gasteiger partial charge on any atom is 0.587 e. The Balaban J connectivity index is 1.36. The standard InChI is InChI=1S/C24H26O8P2/c25-33(26,28-20-10-4-1-5-11-20)29-23-16-18-24(19-17-23)32-34(27,30-21-12-6-2-7-13-21)31-22-14-8-3-9-15-22/h1-15,23-24H,16-19H2,(H,25,26). The van der Waals surface area contributed by atoms with Crippen LogP contribution in [-0.2, 0) is 18.2 Å². The molecule has 1 N–H and O–H groups in total. The summed E-state index contributed by atoms with van der Waals surface area (Å²) in [7, 11) is -8.29. The predicted octanol–water partition coefficient (Wildman–Crippen LogP) is 6.78. The third kappa shape index (κ3) is 7.45. The van der Waals surface area contributed by atoms with Crippen molar-refractivity contribution in [1.82, 2.24) is 0 Å². The summed E-state index contributed by atoms with van der Waals surface area (Å²) < 4.78 is 53.5. The highest BCUT2D eigenvalue weighted by atomic mass is 31.2. The molecular formula is C24H26O8P2. The molecule has 1 saturated carbocycles. The Hall–Kier alpha value is -2.60. The van der Waals surface area contributed by atoms with Gasteiger partial charge >= 0.3 is 15.6 Å². The number of phosphoric ester groups is 2. The van der Waals surface area contributed by atoms with Crippen LogP contribution in [0.5, 0.6) is 17.2 Å². The van der Waals surface area contributed by atoms with Crippen molar-refractivity contribution < 1.29 is 36.6 Å². The molecule has 0 bridgehead atoms. The van der Waals surface area contributed by atoms with E-state index < -0.39 is 27.9 Å². The minimum Gasteiger partial charge on any atom is -0.404 e. The van der Waals surface area contributed by atoms with Crippen LogP contribution in [0, 0.1) is 0 Å². The Morgan fingerprint density at radius 3 is 1.32 bits per heavy atom. The van der Waals surface area contributed by atoms with Crippen LogP contribution in [0.15, 0.2) is 91.0 Å². The Labute approximate surface area is 198 Å². The molecule has 0 radical (unpaired) electrons. The summed E-state index contributed by atoms with van der Waals surface area (Å²) in [6.45, 7) is 0. The first kappa shape index (κ1) is 24.5. The molecule has 180 valence electrons. The van der Waals surface area contributed by atoms with E-state index in [1.807, 2.05) is 12.1 Å². The maximum atomic E-state index is 13.5. The quantitative estimate of drug-likeness (QED) is 0.302. The number of hydrogen-bond acceptors (Lipinski definition) is 7. The van der Waals surface area contributed by atoms with Crippen LogP contribution in [0.2, 0.25) is 0 Å². The average molecular weight is 504 g/mol. The van der Waals surface area contributed by atoms with Crippen molar-refractivity contribution in [3.63, 3.8) is 0 Å². The van der Waals surface area contributed by atoms with Gasteiger partial charge in [0.15, 0.2) is 0 Å². The van der Waals surface area contributed by atoms with E-state index in [0.29, 0.717) is 37.2 Å². The summed E-state index contributed by atoms with van der Waals surface area (Å²) >= 11 is 0. The summed E-state index contributed by atoms with van der Waals surface area (Å²) in [5, 5.41) is 0. The zero-order valence-corrected chi connectivity index (χ0v) is 20.1. The van der Waals surface area contributed by atoms with E-state index in [1.54, 1.807) is 78.9 Å². The second-order valence-corrected chi connectivity index (χ2v) is 10.5. The summed E-state index contributed by atoms with van der Waals surface area (Å²) in [4.78, 5) is 10.1. The van der Waals surface area contributed by atoms with Crippen LogP contribution in [-0.4, -0.2) is 17.1 Å². The second kappa shape index (κ2) is 11.2. The first-order chi connectivity index (χ1) is 16.4. The Kier molecular flexibility index (Phi) is 8.09. The fourth-order valence-electron chi connectivity index (χ4n) is 3.53. The summed E-state index contributed by atoms with van der Waals surface area (Å²) in [6, 6.07) is 25.7. The molecule has 0 heterocycles. The van der Waals surface area contributed by atoms with Gasteiger partial charge in [-0.15, -0.1) is 0 Å².